The Labute approximate surface area is 94.9 Å². The summed E-state index contributed by atoms with van der Waals surface area (Å²) in [6, 6.07) is 9.72. The SMILES string of the molecule is Cc1nn(C)c(C)c1-c1ccc(C#N)cc1. The summed E-state index contributed by atoms with van der Waals surface area (Å²) in [5.74, 6) is 0. The zero-order chi connectivity index (χ0) is 11.7. The van der Waals surface area contributed by atoms with E-state index in [0.29, 0.717) is 5.56 Å². The van der Waals surface area contributed by atoms with Gasteiger partial charge >= 0.3 is 0 Å². The largest absolute Gasteiger partial charge is 0.272 e. The maximum Gasteiger partial charge on any atom is 0.0991 e. The van der Waals surface area contributed by atoms with Crippen LogP contribution in [0.15, 0.2) is 24.3 Å². The second kappa shape index (κ2) is 3.82. The molecule has 0 radical (unpaired) electrons. The highest BCUT2D eigenvalue weighted by Gasteiger charge is 2.10. The predicted molar refractivity (Wildman–Crippen MR) is 62.8 cm³/mol. The molecule has 0 bridgehead atoms. The van der Waals surface area contributed by atoms with Crippen LogP contribution in [-0.4, -0.2) is 9.78 Å². The molecule has 1 heterocycles. The van der Waals surface area contributed by atoms with Crippen molar-refractivity contribution >= 4 is 0 Å². The summed E-state index contributed by atoms with van der Waals surface area (Å²) in [6.07, 6.45) is 0. The molecule has 0 atom stereocenters. The molecule has 0 saturated heterocycles. The minimum absolute atomic E-state index is 0.683. The minimum Gasteiger partial charge on any atom is -0.272 e. The fourth-order valence-corrected chi connectivity index (χ4v) is 1.90. The fraction of sp³-hybridized carbons (Fsp3) is 0.231. The first kappa shape index (κ1) is 10.4. The fourth-order valence-electron chi connectivity index (χ4n) is 1.90. The van der Waals surface area contributed by atoms with Crippen molar-refractivity contribution in [1.82, 2.24) is 9.78 Å². The quantitative estimate of drug-likeness (QED) is 0.727. The zero-order valence-electron chi connectivity index (χ0n) is 9.65. The van der Waals surface area contributed by atoms with Gasteiger partial charge in [-0.3, -0.25) is 4.68 Å². The van der Waals surface area contributed by atoms with E-state index in [1.165, 1.54) is 0 Å². The molecule has 2 aromatic rings. The molecule has 80 valence electrons. The second-order valence-electron chi connectivity index (χ2n) is 3.86. The Morgan fingerprint density at radius 2 is 1.81 bits per heavy atom. The maximum atomic E-state index is 8.75. The molecular weight excluding hydrogens is 198 g/mol. The van der Waals surface area contributed by atoms with E-state index < -0.39 is 0 Å². The van der Waals surface area contributed by atoms with E-state index in [1.54, 1.807) is 0 Å². The first-order valence-electron chi connectivity index (χ1n) is 5.14. The predicted octanol–water partition coefficient (Wildman–Crippen LogP) is 2.58. The lowest BCUT2D eigenvalue weighted by Crippen LogP contribution is -1.92. The summed E-state index contributed by atoms with van der Waals surface area (Å²) in [5.41, 5.74) is 5.11. The van der Waals surface area contributed by atoms with E-state index in [9.17, 15) is 0 Å². The van der Waals surface area contributed by atoms with Gasteiger partial charge in [-0.05, 0) is 31.5 Å². The Balaban J connectivity index is 2.55. The van der Waals surface area contributed by atoms with Gasteiger partial charge in [-0.2, -0.15) is 10.4 Å². The van der Waals surface area contributed by atoms with Gasteiger partial charge in [0, 0.05) is 18.3 Å². The lowest BCUT2D eigenvalue weighted by Gasteiger charge is -2.02. The Morgan fingerprint density at radius 3 is 2.25 bits per heavy atom. The molecule has 0 N–H and O–H groups in total. The molecular formula is C13H13N3. The first-order valence-corrected chi connectivity index (χ1v) is 5.14. The molecule has 2 rings (SSSR count). The molecule has 0 unspecified atom stereocenters. The van der Waals surface area contributed by atoms with Crippen molar-refractivity contribution in [1.29, 1.82) is 5.26 Å². The highest BCUT2D eigenvalue weighted by atomic mass is 15.3. The van der Waals surface area contributed by atoms with E-state index in [0.717, 1.165) is 22.5 Å². The molecule has 0 aliphatic heterocycles. The summed E-state index contributed by atoms with van der Waals surface area (Å²) < 4.78 is 1.88. The molecule has 0 saturated carbocycles. The number of benzene rings is 1. The number of nitriles is 1. The lowest BCUT2D eigenvalue weighted by atomic mass is 10.0. The van der Waals surface area contributed by atoms with Gasteiger partial charge in [0.25, 0.3) is 0 Å². The van der Waals surface area contributed by atoms with Gasteiger partial charge < -0.3 is 0 Å². The zero-order valence-corrected chi connectivity index (χ0v) is 9.65. The van der Waals surface area contributed by atoms with Gasteiger partial charge in [-0.1, -0.05) is 12.1 Å². The van der Waals surface area contributed by atoms with E-state index in [4.69, 9.17) is 5.26 Å². The van der Waals surface area contributed by atoms with Crippen molar-refractivity contribution in [2.24, 2.45) is 7.05 Å². The third-order valence-electron chi connectivity index (χ3n) is 2.81. The van der Waals surface area contributed by atoms with Gasteiger partial charge in [0.2, 0.25) is 0 Å². The summed E-state index contributed by atoms with van der Waals surface area (Å²) in [5, 5.41) is 13.1. The monoisotopic (exact) mass is 211 g/mol. The Morgan fingerprint density at radius 1 is 1.19 bits per heavy atom. The smallest absolute Gasteiger partial charge is 0.0991 e. The highest BCUT2D eigenvalue weighted by Crippen LogP contribution is 2.26. The van der Waals surface area contributed by atoms with Crippen LogP contribution < -0.4 is 0 Å². The topological polar surface area (TPSA) is 41.6 Å². The average molecular weight is 211 g/mol. The van der Waals surface area contributed by atoms with Crippen molar-refractivity contribution in [3.63, 3.8) is 0 Å². The molecule has 3 heteroatoms. The van der Waals surface area contributed by atoms with Crippen LogP contribution >= 0.6 is 0 Å². The van der Waals surface area contributed by atoms with Crippen molar-refractivity contribution in [3.8, 4) is 17.2 Å². The van der Waals surface area contributed by atoms with Crippen LogP contribution in [0.2, 0.25) is 0 Å². The van der Waals surface area contributed by atoms with Crippen LogP contribution in [0.1, 0.15) is 17.0 Å². The van der Waals surface area contributed by atoms with Gasteiger partial charge in [0.05, 0.1) is 17.3 Å². The lowest BCUT2D eigenvalue weighted by molar-refractivity contribution is 0.731. The molecule has 1 aromatic heterocycles. The number of aromatic nitrogens is 2. The van der Waals surface area contributed by atoms with Gasteiger partial charge in [-0.25, -0.2) is 0 Å². The number of hydrogen-bond donors (Lipinski definition) is 0. The van der Waals surface area contributed by atoms with Crippen LogP contribution in [0.5, 0.6) is 0 Å². The number of rotatable bonds is 1. The van der Waals surface area contributed by atoms with Gasteiger partial charge in [0.15, 0.2) is 0 Å². The van der Waals surface area contributed by atoms with Crippen molar-refractivity contribution < 1.29 is 0 Å². The van der Waals surface area contributed by atoms with E-state index in [1.807, 2.05) is 49.8 Å². The van der Waals surface area contributed by atoms with Crippen molar-refractivity contribution in [3.05, 3.63) is 41.2 Å². The number of hydrogen-bond acceptors (Lipinski definition) is 2. The van der Waals surface area contributed by atoms with Crippen LogP contribution in [0, 0.1) is 25.2 Å². The van der Waals surface area contributed by atoms with E-state index >= 15 is 0 Å². The average Bonchev–Trinajstić information content (AvgIpc) is 2.54. The van der Waals surface area contributed by atoms with Crippen molar-refractivity contribution in [2.75, 3.05) is 0 Å². The summed E-state index contributed by atoms with van der Waals surface area (Å²) >= 11 is 0. The van der Waals surface area contributed by atoms with E-state index in [-0.39, 0.29) is 0 Å². The standard InChI is InChI=1S/C13H13N3/c1-9-13(10(2)16(3)15-9)12-6-4-11(8-14)5-7-12/h4-7H,1-3H3. The third-order valence-corrected chi connectivity index (χ3v) is 2.81. The van der Waals surface area contributed by atoms with Gasteiger partial charge in [-0.15, -0.1) is 0 Å². The third kappa shape index (κ3) is 1.59. The molecule has 0 spiro atoms. The molecule has 0 amide bonds. The maximum absolute atomic E-state index is 8.75. The number of aryl methyl sites for hydroxylation is 2. The Hall–Kier alpha value is -2.08. The highest BCUT2D eigenvalue weighted by molar-refractivity contribution is 5.69. The molecule has 0 aliphatic rings. The number of nitrogens with zero attached hydrogens (tertiary/aromatic N) is 3. The molecule has 0 aliphatic carbocycles. The molecule has 1 aromatic carbocycles. The van der Waals surface area contributed by atoms with Crippen LogP contribution in [0.25, 0.3) is 11.1 Å². The normalized spacial score (nSPS) is 10.1. The first-order chi connectivity index (χ1) is 7.63. The van der Waals surface area contributed by atoms with Crippen LogP contribution in [0.3, 0.4) is 0 Å². The van der Waals surface area contributed by atoms with Crippen molar-refractivity contribution in [2.45, 2.75) is 13.8 Å². The molecule has 3 nitrogen and oxygen atoms in total. The molecule has 16 heavy (non-hydrogen) atoms. The Bertz CT molecular complexity index is 556. The van der Waals surface area contributed by atoms with Crippen LogP contribution in [-0.2, 0) is 7.05 Å². The van der Waals surface area contributed by atoms with Gasteiger partial charge in [0.1, 0.15) is 0 Å². The second-order valence-corrected chi connectivity index (χ2v) is 3.86. The summed E-state index contributed by atoms with van der Waals surface area (Å²) in [7, 11) is 1.94. The van der Waals surface area contributed by atoms with E-state index in [2.05, 4.69) is 11.2 Å². The molecule has 0 fully saturated rings. The Kier molecular flexibility index (Phi) is 2.49. The summed E-state index contributed by atoms with van der Waals surface area (Å²) in [6.45, 7) is 4.05. The minimum atomic E-state index is 0.683. The summed E-state index contributed by atoms with van der Waals surface area (Å²) in [4.78, 5) is 0. The van der Waals surface area contributed by atoms with Crippen LogP contribution in [0.4, 0.5) is 0 Å².